The van der Waals surface area contributed by atoms with Gasteiger partial charge in [0.05, 0.1) is 17.7 Å². The number of ether oxygens (including phenoxy) is 1. The molecule has 174 valence electrons. The largest absolute Gasteiger partial charge is 0.492 e. The summed E-state index contributed by atoms with van der Waals surface area (Å²) in [6.07, 6.45) is 4.08. The Morgan fingerprint density at radius 2 is 1.85 bits per heavy atom. The van der Waals surface area contributed by atoms with Crippen LogP contribution in [0.2, 0.25) is 0 Å². The number of carbonyl (C=O) groups excluding carboxylic acids is 1. The molecule has 1 atom stereocenters. The number of aryl methyl sites for hydroxylation is 2. The van der Waals surface area contributed by atoms with Crippen molar-refractivity contribution in [3.8, 4) is 17.1 Å². The van der Waals surface area contributed by atoms with Gasteiger partial charge in [0.15, 0.2) is 0 Å². The van der Waals surface area contributed by atoms with Crippen LogP contribution in [0.15, 0.2) is 59.4 Å². The van der Waals surface area contributed by atoms with Gasteiger partial charge in [-0.2, -0.15) is 0 Å². The van der Waals surface area contributed by atoms with E-state index in [-0.39, 0.29) is 11.5 Å². The van der Waals surface area contributed by atoms with Crippen LogP contribution in [0, 0.1) is 0 Å². The molecule has 1 aliphatic carbocycles. The zero-order valence-electron chi connectivity index (χ0n) is 19.3. The number of carbonyl (C=O) groups is 1. The van der Waals surface area contributed by atoms with E-state index in [1.54, 1.807) is 28.9 Å². The molecule has 5 rings (SSSR count). The summed E-state index contributed by atoms with van der Waals surface area (Å²) in [5.74, 6) is 0.816. The van der Waals surface area contributed by atoms with Gasteiger partial charge in [0.1, 0.15) is 22.4 Å². The van der Waals surface area contributed by atoms with Gasteiger partial charge in [-0.15, -0.1) is 11.3 Å². The number of para-hydroxylation sites is 2. The van der Waals surface area contributed by atoms with Crippen molar-refractivity contribution in [1.82, 2.24) is 9.55 Å². The molecule has 0 spiro atoms. The maximum atomic E-state index is 13.9. The molecule has 0 saturated carbocycles. The molecule has 2 aromatic carbocycles. The minimum Gasteiger partial charge on any atom is -0.492 e. The fraction of sp³-hybridized carbons (Fsp3) is 0.296. The van der Waals surface area contributed by atoms with Crippen LogP contribution >= 0.6 is 11.3 Å². The third-order valence-electron chi connectivity index (χ3n) is 6.26. The second-order valence-electron chi connectivity index (χ2n) is 8.46. The van der Waals surface area contributed by atoms with Crippen molar-refractivity contribution in [2.75, 3.05) is 11.9 Å². The number of rotatable bonds is 6. The summed E-state index contributed by atoms with van der Waals surface area (Å²) < 4.78 is 7.21. The van der Waals surface area contributed by atoms with Crippen molar-refractivity contribution in [2.24, 2.45) is 0 Å². The molecule has 2 heterocycles. The number of hydrogen-bond donors (Lipinski definition) is 1. The maximum Gasteiger partial charge on any atom is 0.263 e. The predicted octanol–water partition coefficient (Wildman–Crippen LogP) is 5.60. The lowest BCUT2D eigenvalue weighted by molar-refractivity contribution is -0.118. The zero-order chi connectivity index (χ0) is 23.7. The second kappa shape index (κ2) is 9.43. The lowest BCUT2D eigenvalue weighted by Gasteiger charge is -2.20. The zero-order valence-corrected chi connectivity index (χ0v) is 20.2. The maximum absolute atomic E-state index is 13.9. The number of thiophene rings is 1. The summed E-state index contributed by atoms with van der Waals surface area (Å²) in [6.45, 7) is 4.14. The first kappa shape index (κ1) is 22.3. The first-order valence-corrected chi connectivity index (χ1v) is 12.5. The van der Waals surface area contributed by atoms with Gasteiger partial charge in [0.2, 0.25) is 5.91 Å². The highest BCUT2D eigenvalue weighted by Gasteiger charge is 2.27. The Kier molecular flexibility index (Phi) is 6.20. The molecule has 34 heavy (non-hydrogen) atoms. The average molecular weight is 474 g/mol. The van der Waals surface area contributed by atoms with Gasteiger partial charge in [0.25, 0.3) is 5.56 Å². The summed E-state index contributed by atoms with van der Waals surface area (Å²) in [5.41, 5.74) is 2.36. The standard InChI is InChI=1S/C27H27N3O3S/c1-3-33-21-15-9-8-14-20(21)28-25(31)17(2)30-24(18-11-5-4-6-12-18)29-26-23(27(30)32)19-13-7-10-16-22(19)34-26/h4-6,8-9,11-12,14-15,17H,3,7,10,13,16H2,1-2H3,(H,28,31). The summed E-state index contributed by atoms with van der Waals surface area (Å²) in [7, 11) is 0. The molecular formula is C27H27N3O3S. The highest BCUT2D eigenvalue weighted by molar-refractivity contribution is 7.18. The normalized spacial score (nSPS) is 13.9. The van der Waals surface area contributed by atoms with Crippen LogP contribution in [0.5, 0.6) is 5.75 Å². The van der Waals surface area contributed by atoms with Gasteiger partial charge in [-0.05, 0) is 57.2 Å². The van der Waals surface area contributed by atoms with Gasteiger partial charge in [-0.25, -0.2) is 4.98 Å². The monoisotopic (exact) mass is 473 g/mol. The molecule has 1 amide bonds. The van der Waals surface area contributed by atoms with E-state index in [2.05, 4.69) is 5.32 Å². The second-order valence-corrected chi connectivity index (χ2v) is 9.55. The number of fused-ring (bicyclic) bond motifs is 3. The quantitative estimate of drug-likeness (QED) is 0.395. The Labute approximate surface area is 202 Å². The first-order chi connectivity index (χ1) is 16.6. The smallest absolute Gasteiger partial charge is 0.263 e. The number of hydrogen-bond acceptors (Lipinski definition) is 5. The van der Waals surface area contributed by atoms with E-state index in [9.17, 15) is 9.59 Å². The number of amides is 1. The Morgan fingerprint density at radius 3 is 2.65 bits per heavy atom. The van der Waals surface area contributed by atoms with Crippen LogP contribution in [-0.4, -0.2) is 22.1 Å². The van der Waals surface area contributed by atoms with Crippen LogP contribution in [-0.2, 0) is 17.6 Å². The predicted molar refractivity (Wildman–Crippen MR) is 137 cm³/mol. The summed E-state index contributed by atoms with van der Waals surface area (Å²) in [6, 6.07) is 16.2. The van der Waals surface area contributed by atoms with E-state index in [0.29, 0.717) is 29.3 Å². The minimum atomic E-state index is -0.770. The number of benzene rings is 2. The molecule has 4 aromatic rings. The molecule has 1 N–H and O–H groups in total. The van der Waals surface area contributed by atoms with Crippen molar-refractivity contribution in [3.05, 3.63) is 75.4 Å². The number of nitrogens with one attached hydrogen (secondary N) is 1. The van der Waals surface area contributed by atoms with Crippen LogP contribution in [0.25, 0.3) is 21.6 Å². The summed E-state index contributed by atoms with van der Waals surface area (Å²) >= 11 is 1.62. The molecule has 0 aliphatic heterocycles. The average Bonchev–Trinajstić information content (AvgIpc) is 3.24. The van der Waals surface area contributed by atoms with E-state index in [1.165, 1.54) is 4.88 Å². The van der Waals surface area contributed by atoms with Gasteiger partial charge in [-0.3, -0.25) is 14.2 Å². The molecule has 0 bridgehead atoms. The van der Waals surface area contributed by atoms with E-state index in [1.807, 2.05) is 55.5 Å². The van der Waals surface area contributed by atoms with Crippen molar-refractivity contribution in [2.45, 2.75) is 45.6 Å². The third-order valence-corrected chi connectivity index (χ3v) is 7.45. The number of nitrogens with zero attached hydrogens (tertiary/aromatic N) is 2. The highest BCUT2D eigenvalue weighted by Crippen LogP contribution is 2.35. The lowest BCUT2D eigenvalue weighted by Crippen LogP contribution is -2.33. The van der Waals surface area contributed by atoms with E-state index in [0.717, 1.165) is 41.6 Å². The van der Waals surface area contributed by atoms with Crippen LogP contribution in [0.1, 0.15) is 43.2 Å². The molecular weight excluding hydrogens is 446 g/mol. The van der Waals surface area contributed by atoms with Crippen molar-refractivity contribution in [1.29, 1.82) is 0 Å². The Hall–Kier alpha value is -3.45. The van der Waals surface area contributed by atoms with Crippen LogP contribution in [0.3, 0.4) is 0 Å². The molecule has 7 heteroatoms. The number of aromatic nitrogens is 2. The Bertz CT molecular complexity index is 1410. The number of anilines is 1. The van der Waals surface area contributed by atoms with E-state index in [4.69, 9.17) is 9.72 Å². The van der Waals surface area contributed by atoms with Gasteiger partial charge in [-0.1, -0.05) is 42.5 Å². The van der Waals surface area contributed by atoms with Crippen LogP contribution < -0.4 is 15.6 Å². The molecule has 0 fully saturated rings. The van der Waals surface area contributed by atoms with E-state index >= 15 is 0 Å². The fourth-order valence-electron chi connectivity index (χ4n) is 4.57. The molecule has 0 radical (unpaired) electrons. The molecule has 1 unspecified atom stereocenters. The minimum absolute atomic E-state index is 0.149. The molecule has 0 saturated heterocycles. The molecule has 2 aromatic heterocycles. The van der Waals surface area contributed by atoms with E-state index < -0.39 is 6.04 Å². The molecule has 1 aliphatic rings. The van der Waals surface area contributed by atoms with Crippen molar-refractivity contribution in [3.63, 3.8) is 0 Å². The first-order valence-electron chi connectivity index (χ1n) is 11.7. The lowest BCUT2D eigenvalue weighted by atomic mass is 9.97. The van der Waals surface area contributed by atoms with Crippen molar-refractivity contribution >= 4 is 33.1 Å². The SMILES string of the molecule is CCOc1ccccc1NC(=O)C(C)n1c(-c2ccccc2)nc2sc3c(c2c1=O)CCCC3. The molecule has 6 nitrogen and oxygen atoms in total. The Balaban J connectivity index is 1.63. The van der Waals surface area contributed by atoms with Crippen molar-refractivity contribution < 1.29 is 9.53 Å². The Morgan fingerprint density at radius 1 is 1.12 bits per heavy atom. The summed E-state index contributed by atoms with van der Waals surface area (Å²) in [5, 5.41) is 3.63. The van der Waals surface area contributed by atoms with Crippen LogP contribution in [0.4, 0.5) is 5.69 Å². The fourth-order valence-corrected chi connectivity index (χ4v) is 5.83. The van der Waals surface area contributed by atoms with Gasteiger partial charge < -0.3 is 10.1 Å². The highest BCUT2D eigenvalue weighted by atomic mass is 32.1. The van der Waals surface area contributed by atoms with Gasteiger partial charge >= 0.3 is 0 Å². The summed E-state index contributed by atoms with van der Waals surface area (Å²) in [4.78, 5) is 34.3. The third kappa shape index (κ3) is 4.01. The van der Waals surface area contributed by atoms with Gasteiger partial charge in [0, 0.05) is 10.4 Å². The topological polar surface area (TPSA) is 73.2 Å².